The van der Waals surface area contributed by atoms with Crippen molar-refractivity contribution in [2.24, 2.45) is 5.92 Å². The Kier molecular flexibility index (Phi) is 6.54. The number of likely N-dealkylation sites (tertiary alicyclic amines) is 1. The number of aromatic nitrogens is 3. The van der Waals surface area contributed by atoms with Crippen LogP contribution in [-0.4, -0.2) is 32.0 Å². The van der Waals surface area contributed by atoms with E-state index >= 15 is 0 Å². The number of nitriles is 1. The number of aryl methyl sites for hydroxylation is 1. The molecule has 2 fully saturated rings. The molecule has 1 aliphatic carbocycles. The van der Waals surface area contributed by atoms with Crippen LogP contribution in [0.3, 0.4) is 0 Å². The molecule has 5 nitrogen and oxygen atoms in total. The number of alkyl halides is 3. The second-order valence-corrected chi connectivity index (χ2v) is 9.76. The first kappa shape index (κ1) is 23.8. The summed E-state index contributed by atoms with van der Waals surface area (Å²) in [6.07, 6.45) is 4.55. The van der Waals surface area contributed by atoms with Gasteiger partial charge in [0.1, 0.15) is 17.4 Å². The first-order valence-electron chi connectivity index (χ1n) is 12.6. The third-order valence-corrected chi connectivity index (χ3v) is 7.68. The van der Waals surface area contributed by atoms with Gasteiger partial charge in [-0.25, -0.2) is 9.97 Å². The number of hydrogen-bond acceptors (Lipinski definition) is 4. The van der Waals surface area contributed by atoms with E-state index in [-0.39, 0.29) is 5.69 Å². The molecule has 1 atom stereocenters. The smallest absolute Gasteiger partial charge is 0.327 e. The molecule has 0 radical (unpaired) electrons. The maximum absolute atomic E-state index is 13.3. The normalized spacial score (nSPS) is 19.9. The lowest BCUT2D eigenvalue weighted by atomic mass is 9.83. The van der Waals surface area contributed by atoms with Crippen LogP contribution in [0.1, 0.15) is 69.0 Å². The van der Waals surface area contributed by atoms with E-state index in [1.54, 1.807) is 12.1 Å². The summed E-state index contributed by atoms with van der Waals surface area (Å²) in [6, 6.07) is 9.57. The van der Waals surface area contributed by atoms with Gasteiger partial charge in [0.15, 0.2) is 5.69 Å². The minimum absolute atomic E-state index is 0.147. The monoisotopic (exact) mass is 481 g/mol. The zero-order chi connectivity index (χ0) is 24.6. The quantitative estimate of drug-likeness (QED) is 0.414. The summed E-state index contributed by atoms with van der Waals surface area (Å²) in [5.41, 5.74) is 1.36. The lowest BCUT2D eigenvalue weighted by Crippen LogP contribution is -2.36. The predicted molar refractivity (Wildman–Crippen MR) is 128 cm³/mol. The van der Waals surface area contributed by atoms with Gasteiger partial charge >= 0.3 is 6.18 Å². The van der Waals surface area contributed by atoms with E-state index in [1.807, 2.05) is 6.92 Å². The summed E-state index contributed by atoms with van der Waals surface area (Å²) in [5, 5.41) is 9.81. The molecule has 3 heterocycles. The Morgan fingerprint density at radius 1 is 1.06 bits per heavy atom. The lowest BCUT2D eigenvalue weighted by molar-refractivity contribution is -0.137. The van der Waals surface area contributed by atoms with Crippen molar-refractivity contribution < 1.29 is 13.2 Å². The average molecular weight is 482 g/mol. The second-order valence-electron chi connectivity index (χ2n) is 9.76. The van der Waals surface area contributed by atoms with E-state index in [2.05, 4.69) is 20.5 Å². The lowest BCUT2D eigenvalue weighted by Gasteiger charge is -2.34. The molecule has 5 rings (SSSR count). The summed E-state index contributed by atoms with van der Waals surface area (Å²) in [4.78, 5) is 11.8. The standard InChI is InChI=1S/C27H30F3N5/c1-2-35-24-15-21(19-10-6-11-20(14-19)27(28,29)30)32-22(16-31)26(24)33-25(35)17-34-13-7-12-23(34)18-8-4-3-5-9-18/h6,10-11,14-15,18,23H,2-5,7-9,12-13,17H2,1H3. The minimum atomic E-state index is -4.44. The third-order valence-electron chi connectivity index (χ3n) is 7.68. The van der Waals surface area contributed by atoms with Crippen molar-refractivity contribution in [2.45, 2.75) is 77.2 Å². The van der Waals surface area contributed by atoms with Gasteiger partial charge in [0.25, 0.3) is 0 Å². The Bertz CT molecular complexity index is 1250. The largest absolute Gasteiger partial charge is 0.416 e. The van der Waals surface area contributed by atoms with Gasteiger partial charge in [-0.1, -0.05) is 31.4 Å². The number of pyridine rings is 1. The number of halogens is 3. The van der Waals surface area contributed by atoms with Gasteiger partial charge in [-0.15, -0.1) is 0 Å². The van der Waals surface area contributed by atoms with E-state index in [0.717, 1.165) is 35.9 Å². The third kappa shape index (κ3) is 4.66. The number of nitrogens with zero attached hydrogens (tertiary/aromatic N) is 5. The topological polar surface area (TPSA) is 57.7 Å². The van der Waals surface area contributed by atoms with Crippen LogP contribution in [0.4, 0.5) is 13.2 Å². The maximum Gasteiger partial charge on any atom is 0.416 e. The highest BCUT2D eigenvalue weighted by molar-refractivity contribution is 5.85. The van der Waals surface area contributed by atoms with Crippen LogP contribution in [0.5, 0.6) is 0 Å². The number of fused-ring (bicyclic) bond motifs is 1. The van der Waals surface area contributed by atoms with E-state index in [0.29, 0.717) is 35.9 Å². The number of hydrogen-bond donors (Lipinski definition) is 0. The zero-order valence-electron chi connectivity index (χ0n) is 20.0. The van der Waals surface area contributed by atoms with Gasteiger partial charge in [-0.3, -0.25) is 4.90 Å². The molecule has 2 aromatic heterocycles. The highest BCUT2D eigenvalue weighted by Crippen LogP contribution is 2.36. The van der Waals surface area contributed by atoms with Crippen LogP contribution in [-0.2, 0) is 19.3 Å². The molecule has 1 saturated heterocycles. The Balaban J connectivity index is 1.52. The van der Waals surface area contributed by atoms with E-state index < -0.39 is 11.7 Å². The number of benzene rings is 1. The Labute approximate surface area is 203 Å². The average Bonchev–Trinajstić information content (AvgIpc) is 3.47. The number of imidazole rings is 1. The molecular formula is C27H30F3N5. The molecule has 0 spiro atoms. The van der Waals surface area contributed by atoms with Gasteiger partial charge in [-0.2, -0.15) is 18.4 Å². The number of rotatable bonds is 5. The molecule has 184 valence electrons. The van der Waals surface area contributed by atoms with Crippen LogP contribution in [0.2, 0.25) is 0 Å². The fraction of sp³-hybridized carbons (Fsp3) is 0.519. The molecule has 0 bridgehead atoms. The summed E-state index contributed by atoms with van der Waals surface area (Å²) in [6.45, 7) is 4.45. The minimum Gasteiger partial charge on any atom is -0.327 e. The van der Waals surface area contributed by atoms with Gasteiger partial charge in [-0.05, 0) is 63.3 Å². The SMILES string of the molecule is CCn1c(CN2CCCC2C2CCCCC2)nc2c(C#N)nc(-c3cccc(C(F)(F)F)c3)cc21. The van der Waals surface area contributed by atoms with Crippen molar-refractivity contribution in [1.82, 2.24) is 19.4 Å². The van der Waals surface area contributed by atoms with E-state index in [1.165, 1.54) is 51.0 Å². The van der Waals surface area contributed by atoms with Crippen LogP contribution in [0, 0.1) is 17.2 Å². The van der Waals surface area contributed by atoms with Gasteiger partial charge < -0.3 is 4.57 Å². The van der Waals surface area contributed by atoms with Gasteiger partial charge in [0.2, 0.25) is 0 Å². The zero-order valence-corrected chi connectivity index (χ0v) is 20.0. The van der Waals surface area contributed by atoms with Crippen LogP contribution in [0.25, 0.3) is 22.3 Å². The molecule has 1 saturated carbocycles. The molecule has 35 heavy (non-hydrogen) atoms. The molecule has 1 aliphatic heterocycles. The molecule has 2 aliphatic rings. The summed E-state index contributed by atoms with van der Waals surface area (Å²) in [5.74, 6) is 1.64. The highest BCUT2D eigenvalue weighted by atomic mass is 19.4. The van der Waals surface area contributed by atoms with Gasteiger partial charge in [0, 0.05) is 18.2 Å². The fourth-order valence-corrected chi connectivity index (χ4v) is 6.01. The molecular weight excluding hydrogens is 451 g/mol. The van der Waals surface area contributed by atoms with Crippen LogP contribution < -0.4 is 0 Å². The Morgan fingerprint density at radius 2 is 1.86 bits per heavy atom. The predicted octanol–water partition coefficient (Wildman–Crippen LogP) is 6.55. The first-order valence-corrected chi connectivity index (χ1v) is 12.6. The van der Waals surface area contributed by atoms with E-state index in [9.17, 15) is 18.4 Å². The molecule has 0 amide bonds. The fourth-order valence-electron chi connectivity index (χ4n) is 6.01. The summed E-state index contributed by atoms with van der Waals surface area (Å²) in [7, 11) is 0. The molecule has 8 heteroatoms. The molecule has 0 N–H and O–H groups in total. The van der Waals surface area contributed by atoms with Crippen LogP contribution in [0.15, 0.2) is 30.3 Å². The molecule has 3 aromatic rings. The molecule has 1 aromatic carbocycles. The Hall–Kier alpha value is -2.92. The van der Waals surface area contributed by atoms with Gasteiger partial charge in [0.05, 0.1) is 23.3 Å². The molecule has 1 unspecified atom stereocenters. The summed E-state index contributed by atoms with van der Waals surface area (Å²) < 4.78 is 41.9. The Morgan fingerprint density at radius 3 is 2.57 bits per heavy atom. The van der Waals surface area contributed by atoms with Crippen LogP contribution >= 0.6 is 0 Å². The van der Waals surface area contributed by atoms with Crippen molar-refractivity contribution in [3.8, 4) is 17.3 Å². The van der Waals surface area contributed by atoms with Crippen molar-refractivity contribution >= 4 is 11.0 Å². The van der Waals surface area contributed by atoms with Crippen molar-refractivity contribution in [2.75, 3.05) is 6.54 Å². The second kappa shape index (κ2) is 9.62. The highest BCUT2D eigenvalue weighted by Gasteiger charge is 2.34. The van der Waals surface area contributed by atoms with Crippen molar-refractivity contribution in [3.05, 3.63) is 47.4 Å². The summed E-state index contributed by atoms with van der Waals surface area (Å²) >= 11 is 0. The van der Waals surface area contributed by atoms with Crippen molar-refractivity contribution in [3.63, 3.8) is 0 Å². The first-order chi connectivity index (χ1) is 16.9. The van der Waals surface area contributed by atoms with Crippen molar-refractivity contribution in [1.29, 1.82) is 5.26 Å². The maximum atomic E-state index is 13.3. The van der Waals surface area contributed by atoms with E-state index in [4.69, 9.17) is 4.98 Å².